The highest BCUT2D eigenvalue weighted by Gasteiger charge is 2.40. The molecule has 1 N–H and O–H groups in total. The molecule has 45 heavy (non-hydrogen) atoms. The molecule has 6 rings (SSSR count). The first-order chi connectivity index (χ1) is 21.2. The van der Waals surface area contributed by atoms with Crippen molar-refractivity contribution in [2.45, 2.75) is 78.2 Å². The molecule has 0 bridgehead atoms. The maximum atomic E-state index is 13.9. The van der Waals surface area contributed by atoms with Gasteiger partial charge in [-0.15, -0.1) is 0 Å². The summed E-state index contributed by atoms with van der Waals surface area (Å²) >= 11 is 0. The van der Waals surface area contributed by atoms with Gasteiger partial charge in [0.1, 0.15) is 17.1 Å². The third kappa shape index (κ3) is 5.97. The molecule has 1 aromatic carbocycles. The summed E-state index contributed by atoms with van der Waals surface area (Å²) in [6.07, 6.45) is 1.31. The lowest BCUT2D eigenvalue weighted by atomic mass is 9.86. The second-order valence-electron chi connectivity index (χ2n) is 12.8. The summed E-state index contributed by atoms with van der Waals surface area (Å²) in [5, 5.41) is 1.00. The van der Waals surface area contributed by atoms with E-state index in [1.807, 2.05) is 40.0 Å². The van der Waals surface area contributed by atoms with Crippen LogP contribution in [0.3, 0.4) is 0 Å². The second-order valence-corrected chi connectivity index (χ2v) is 12.8. The maximum Gasteiger partial charge on any atom is 0.434 e. The number of rotatable bonds is 3. The van der Waals surface area contributed by atoms with E-state index in [-0.39, 0.29) is 25.0 Å². The van der Waals surface area contributed by atoms with Crippen LogP contribution in [0, 0.1) is 13.8 Å². The fourth-order valence-electron chi connectivity index (χ4n) is 6.27. The first-order valence-corrected chi connectivity index (χ1v) is 15.0. The van der Waals surface area contributed by atoms with Gasteiger partial charge in [0, 0.05) is 49.2 Å². The molecule has 1 fully saturated rings. The highest BCUT2D eigenvalue weighted by atomic mass is 19.4. The van der Waals surface area contributed by atoms with Crippen LogP contribution in [-0.2, 0) is 23.9 Å². The Labute approximate surface area is 258 Å². The van der Waals surface area contributed by atoms with E-state index in [0.717, 1.165) is 57.0 Å². The number of fused-ring (bicyclic) bond motifs is 2. The smallest absolute Gasteiger partial charge is 0.434 e. The van der Waals surface area contributed by atoms with Crippen molar-refractivity contribution in [1.82, 2.24) is 29.7 Å². The van der Waals surface area contributed by atoms with Crippen LogP contribution in [0.1, 0.15) is 83.8 Å². The number of aromatic nitrogens is 4. The van der Waals surface area contributed by atoms with E-state index in [1.165, 1.54) is 11.8 Å². The molecule has 1 saturated heterocycles. The predicted molar refractivity (Wildman–Crippen MR) is 161 cm³/mol. The molecule has 0 saturated carbocycles. The van der Waals surface area contributed by atoms with Crippen molar-refractivity contribution >= 4 is 23.0 Å². The molecule has 0 aliphatic carbocycles. The normalized spacial score (nSPS) is 17.1. The number of pyridine rings is 1. The number of likely N-dealkylation sites (tertiary alicyclic amines) is 1. The van der Waals surface area contributed by atoms with E-state index in [2.05, 4.69) is 32.1 Å². The summed E-state index contributed by atoms with van der Waals surface area (Å²) in [5.41, 5.74) is 3.83. The van der Waals surface area contributed by atoms with E-state index in [0.29, 0.717) is 19.4 Å². The van der Waals surface area contributed by atoms with Gasteiger partial charge < -0.3 is 19.5 Å². The molecule has 1 atom stereocenters. The molecule has 12 heteroatoms. The average Bonchev–Trinajstić information content (AvgIpc) is 3.61. The minimum absolute atomic E-state index is 0.0661. The van der Waals surface area contributed by atoms with Crippen molar-refractivity contribution in [3.05, 3.63) is 76.1 Å². The molecule has 2 aliphatic heterocycles. The topological polar surface area (TPSA) is 104 Å². The Bertz CT molecular complexity index is 1810. The lowest BCUT2D eigenvalue weighted by Crippen LogP contribution is -2.39. The number of nitrogens with zero attached hydrogens (tertiary/aromatic N) is 5. The lowest BCUT2D eigenvalue weighted by molar-refractivity contribution is -0.141. The van der Waals surface area contributed by atoms with Gasteiger partial charge in [0.05, 0.1) is 11.6 Å². The monoisotopic (exact) mass is 620 g/mol. The number of H-pyrrole nitrogens is 1. The summed E-state index contributed by atoms with van der Waals surface area (Å²) in [6.45, 7) is 9.62. The summed E-state index contributed by atoms with van der Waals surface area (Å²) in [7, 11) is 0. The van der Waals surface area contributed by atoms with Gasteiger partial charge in [-0.3, -0.25) is 4.79 Å². The fraction of sp³-hybridized carbons (Fsp3) is 0.424. The largest absolute Gasteiger partial charge is 0.444 e. The minimum Gasteiger partial charge on any atom is -0.444 e. The highest BCUT2D eigenvalue weighted by molar-refractivity contribution is 5.95. The van der Waals surface area contributed by atoms with Crippen molar-refractivity contribution in [3.8, 4) is 11.1 Å². The van der Waals surface area contributed by atoms with Crippen LogP contribution < -0.4 is 0 Å². The fourth-order valence-corrected chi connectivity index (χ4v) is 6.27. The van der Waals surface area contributed by atoms with Gasteiger partial charge in [0.15, 0.2) is 5.69 Å². The first kappa shape index (κ1) is 30.5. The van der Waals surface area contributed by atoms with Gasteiger partial charge in [0.2, 0.25) is 0 Å². The predicted octanol–water partition coefficient (Wildman–Crippen LogP) is 6.93. The Morgan fingerprint density at radius 1 is 1.02 bits per heavy atom. The van der Waals surface area contributed by atoms with Gasteiger partial charge in [0.25, 0.3) is 5.91 Å². The van der Waals surface area contributed by atoms with E-state index < -0.39 is 35.0 Å². The molecule has 4 aromatic rings. The van der Waals surface area contributed by atoms with Crippen molar-refractivity contribution in [1.29, 1.82) is 0 Å². The zero-order valence-corrected chi connectivity index (χ0v) is 25.9. The van der Waals surface area contributed by atoms with Crippen LogP contribution in [0.15, 0.2) is 36.8 Å². The summed E-state index contributed by atoms with van der Waals surface area (Å²) in [6, 6.07) is 5.84. The number of halogens is 3. The van der Waals surface area contributed by atoms with Crippen LogP contribution in [0.5, 0.6) is 0 Å². The molecule has 236 valence electrons. The Kier molecular flexibility index (Phi) is 7.57. The van der Waals surface area contributed by atoms with Crippen molar-refractivity contribution < 1.29 is 27.5 Å². The van der Waals surface area contributed by atoms with E-state index >= 15 is 0 Å². The Morgan fingerprint density at radius 2 is 1.80 bits per heavy atom. The maximum absolute atomic E-state index is 13.9. The van der Waals surface area contributed by atoms with Gasteiger partial charge in [-0.25, -0.2) is 19.7 Å². The third-order valence-corrected chi connectivity index (χ3v) is 8.38. The highest BCUT2D eigenvalue weighted by Crippen LogP contribution is 2.41. The van der Waals surface area contributed by atoms with Crippen molar-refractivity contribution in [2.75, 3.05) is 13.1 Å². The van der Waals surface area contributed by atoms with Crippen LogP contribution in [0.25, 0.3) is 22.2 Å². The van der Waals surface area contributed by atoms with Gasteiger partial charge in [-0.05, 0) is 93.8 Å². The molecule has 2 aliphatic rings. The van der Waals surface area contributed by atoms with Gasteiger partial charge >= 0.3 is 12.3 Å². The molecule has 2 amide bonds. The zero-order chi connectivity index (χ0) is 32.3. The van der Waals surface area contributed by atoms with E-state index in [9.17, 15) is 22.8 Å². The van der Waals surface area contributed by atoms with E-state index in [1.54, 1.807) is 11.1 Å². The quantitative estimate of drug-likeness (QED) is 0.267. The van der Waals surface area contributed by atoms with Crippen LogP contribution >= 0.6 is 0 Å². The number of carbonyl (C=O) groups is 2. The molecule has 0 radical (unpaired) electrons. The third-order valence-electron chi connectivity index (χ3n) is 8.38. The molecule has 0 spiro atoms. The number of hydrogen-bond acceptors (Lipinski definition) is 6. The number of aromatic amines is 1. The molecule has 3 aromatic heterocycles. The first-order valence-electron chi connectivity index (χ1n) is 15.0. The Balaban J connectivity index is 1.43. The number of alkyl halides is 3. The number of amides is 2. The number of carbonyl (C=O) groups excluding carboxylic acids is 2. The summed E-state index contributed by atoms with van der Waals surface area (Å²) in [4.78, 5) is 45.3. The van der Waals surface area contributed by atoms with Crippen molar-refractivity contribution in [3.63, 3.8) is 0 Å². The number of hydrogen-bond donors (Lipinski definition) is 1. The zero-order valence-electron chi connectivity index (χ0n) is 25.9. The summed E-state index contributed by atoms with van der Waals surface area (Å²) < 4.78 is 47.4. The number of aryl methyl sites for hydroxylation is 2. The average molecular weight is 621 g/mol. The number of nitrogens with one attached hydrogen (secondary N) is 1. The summed E-state index contributed by atoms with van der Waals surface area (Å²) in [5.74, 6) is -0.848. The molecular formula is C33H35F3N6O3. The lowest BCUT2D eigenvalue weighted by Gasteiger charge is -2.35. The molecule has 9 nitrogen and oxygen atoms in total. The Morgan fingerprint density at radius 3 is 2.53 bits per heavy atom. The number of benzene rings is 1. The standard InChI is InChI=1S/C33H35F3N6O3/c1-18-14-38-29-23(18)13-22(15-39-29)21-11-20-8-10-41(30(43)25-16-37-19(2)40-28(25)33(34,35)36)17-26(20)24(12-21)27-7-6-9-42(27)31(44)45-32(3,4)5/h11-16,27H,6-10,17H2,1-5H3,(H,38,39). The van der Waals surface area contributed by atoms with E-state index in [4.69, 9.17) is 4.74 Å². The molecule has 1 unspecified atom stereocenters. The van der Waals surface area contributed by atoms with Gasteiger partial charge in [-0.1, -0.05) is 6.07 Å². The second kappa shape index (κ2) is 11.1. The van der Waals surface area contributed by atoms with Crippen LogP contribution in [0.2, 0.25) is 0 Å². The van der Waals surface area contributed by atoms with Crippen LogP contribution in [-0.4, -0.2) is 60.4 Å². The van der Waals surface area contributed by atoms with Crippen molar-refractivity contribution in [2.24, 2.45) is 0 Å². The SMILES string of the molecule is Cc1ncc(C(=O)N2CCc3cc(-c4cnc5[nH]cc(C)c5c4)cc(C4CCCN4C(=O)OC(C)(C)C)c3C2)c(C(F)(F)F)n1. The molecule has 5 heterocycles. The minimum atomic E-state index is -4.81. The van der Waals surface area contributed by atoms with Gasteiger partial charge in [-0.2, -0.15) is 13.2 Å². The van der Waals surface area contributed by atoms with Crippen LogP contribution in [0.4, 0.5) is 18.0 Å². The Hall–Kier alpha value is -4.48. The molecular weight excluding hydrogens is 585 g/mol. The number of ether oxygens (including phenoxy) is 1.